The van der Waals surface area contributed by atoms with Gasteiger partial charge in [0.15, 0.2) is 0 Å². The predicted octanol–water partition coefficient (Wildman–Crippen LogP) is 4.26. The number of rotatable bonds is 4. The van der Waals surface area contributed by atoms with Gasteiger partial charge in [-0.3, -0.25) is 9.69 Å². The second-order valence-electron chi connectivity index (χ2n) is 5.85. The summed E-state index contributed by atoms with van der Waals surface area (Å²) < 4.78 is 41.1. The number of benzene rings is 1. The van der Waals surface area contributed by atoms with Crippen LogP contribution < -0.4 is 4.74 Å². The van der Waals surface area contributed by atoms with E-state index in [4.69, 9.17) is 11.6 Å². The molecule has 1 aromatic carbocycles. The number of carbonyl (C=O) groups is 1. The summed E-state index contributed by atoms with van der Waals surface area (Å²) in [6.07, 6.45) is -4.74. The van der Waals surface area contributed by atoms with Crippen molar-refractivity contribution in [3.8, 4) is 5.75 Å². The average Bonchev–Trinajstić information content (AvgIpc) is 2.99. The number of piperazine rings is 1. The molecule has 0 aliphatic carbocycles. The molecule has 1 amide bonds. The minimum absolute atomic E-state index is 0.192. The Hall–Kier alpha value is -1.77. The third kappa shape index (κ3) is 5.12. The summed E-state index contributed by atoms with van der Waals surface area (Å²) in [7, 11) is 0. The number of thiophene rings is 1. The third-order valence-corrected chi connectivity index (χ3v) is 5.22. The van der Waals surface area contributed by atoms with Gasteiger partial charge in [0, 0.05) is 43.2 Å². The van der Waals surface area contributed by atoms with E-state index in [1.807, 2.05) is 12.1 Å². The van der Waals surface area contributed by atoms with Gasteiger partial charge in [0.25, 0.3) is 5.91 Å². The van der Waals surface area contributed by atoms with Crippen LogP contribution in [0, 0.1) is 0 Å². The molecule has 140 valence electrons. The Kier molecular flexibility index (Phi) is 5.74. The van der Waals surface area contributed by atoms with Crippen LogP contribution in [0.2, 0.25) is 4.34 Å². The first-order valence-corrected chi connectivity index (χ1v) is 9.11. The second kappa shape index (κ2) is 7.85. The lowest BCUT2D eigenvalue weighted by molar-refractivity contribution is -0.274. The van der Waals surface area contributed by atoms with Gasteiger partial charge in [-0.15, -0.1) is 24.5 Å². The first-order valence-electron chi connectivity index (χ1n) is 7.92. The van der Waals surface area contributed by atoms with Crippen molar-refractivity contribution in [1.82, 2.24) is 9.80 Å². The highest BCUT2D eigenvalue weighted by Gasteiger charge is 2.31. The van der Waals surface area contributed by atoms with Crippen LogP contribution >= 0.6 is 22.9 Å². The number of carbonyl (C=O) groups excluding carboxylic acids is 1. The molecule has 2 heterocycles. The lowest BCUT2D eigenvalue weighted by Crippen LogP contribution is -2.48. The molecule has 0 bridgehead atoms. The molecule has 1 fully saturated rings. The first kappa shape index (κ1) is 19.0. The largest absolute Gasteiger partial charge is 0.573 e. The quantitative estimate of drug-likeness (QED) is 0.763. The molecule has 4 nitrogen and oxygen atoms in total. The molecular weight excluding hydrogens is 389 g/mol. The van der Waals surface area contributed by atoms with Crippen LogP contribution in [0.3, 0.4) is 0 Å². The molecule has 3 rings (SSSR count). The molecule has 9 heteroatoms. The van der Waals surface area contributed by atoms with E-state index < -0.39 is 6.36 Å². The van der Waals surface area contributed by atoms with Gasteiger partial charge in [0.2, 0.25) is 0 Å². The Labute approximate surface area is 157 Å². The number of hydrogen-bond acceptors (Lipinski definition) is 4. The number of amides is 1. The zero-order valence-corrected chi connectivity index (χ0v) is 15.2. The predicted molar refractivity (Wildman–Crippen MR) is 93.6 cm³/mol. The molecule has 0 N–H and O–H groups in total. The fraction of sp³-hybridized carbons (Fsp3) is 0.353. The van der Waals surface area contributed by atoms with E-state index in [-0.39, 0.29) is 11.7 Å². The molecule has 1 aliphatic rings. The lowest BCUT2D eigenvalue weighted by Gasteiger charge is -2.34. The Balaban J connectivity index is 1.53. The highest BCUT2D eigenvalue weighted by atomic mass is 35.5. The van der Waals surface area contributed by atoms with E-state index in [1.165, 1.54) is 17.0 Å². The monoisotopic (exact) mass is 404 g/mol. The van der Waals surface area contributed by atoms with Gasteiger partial charge >= 0.3 is 6.36 Å². The van der Waals surface area contributed by atoms with Crippen LogP contribution in [0.5, 0.6) is 5.75 Å². The van der Waals surface area contributed by atoms with E-state index in [1.54, 1.807) is 16.2 Å². The Morgan fingerprint density at radius 2 is 1.73 bits per heavy atom. The van der Waals surface area contributed by atoms with Crippen molar-refractivity contribution in [2.45, 2.75) is 12.9 Å². The second-order valence-corrected chi connectivity index (χ2v) is 7.65. The SMILES string of the molecule is O=C(c1ccc(OC(F)(F)F)cc1)N1CCN(Cc2ccc(Cl)s2)CC1. The van der Waals surface area contributed by atoms with Gasteiger partial charge < -0.3 is 9.64 Å². The minimum atomic E-state index is -4.74. The fourth-order valence-electron chi connectivity index (χ4n) is 2.75. The summed E-state index contributed by atoms with van der Waals surface area (Å²) in [6, 6.07) is 8.87. The summed E-state index contributed by atoms with van der Waals surface area (Å²) >= 11 is 7.47. The summed E-state index contributed by atoms with van der Waals surface area (Å²) in [5, 5.41) is 0. The molecule has 0 atom stereocenters. The molecule has 26 heavy (non-hydrogen) atoms. The van der Waals surface area contributed by atoms with Crippen LogP contribution in [0.25, 0.3) is 0 Å². The van der Waals surface area contributed by atoms with Crippen molar-refractivity contribution < 1.29 is 22.7 Å². The molecule has 1 saturated heterocycles. The van der Waals surface area contributed by atoms with E-state index in [2.05, 4.69) is 9.64 Å². The average molecular weight is 405 g/mol. The number of hydrogen-bond donors (Lipinski definition) is 0. The van der Waals surface area contributed by atoms with Gasteiger partial charge in [-0.25, -0.2) is 0 Å². The van der Waals surface area contributed by atoms with Crippen molar-refractivity contribution in [2.24, 2.45) is 0 Å². The van der Waals surface area contributed by atoms with E-state index in [9.17, 15) is 18.0 Å². The molecule has 0 saturated carbocycles. The Morgan fingerprint density at radius 1 is 1.08 bits per heavy atom. The van der Waals surface area contributed by atoms with Gasteiger partial charge in [-0.05, 0) is 36.4 Å². The maximum atomic E-state index is 12.5. The van der Waals surface area contributed by atoms with Gasteiger partial charge in [-0.2, -0.15) is 0 Å². The van der Waals surface area contributed by atoms with Crippen molar-refractivity contribution in [2.75, 3.05) is 26.2 Å². The molecular formula is C17H16ClF3N2O2S. The number of halogens is 4. The summed E-state index contributed by atoms with van der Waals surface area (Å²) in [4.78, 5) is 17.6. The van der Waals surface area contributed by atoms with Gasteiger partial charge in [0.05, 0.1) is 4.34 Å². The maximum absolute atomic E-state index is 12.5. The maximum Gasteiger partial charge on any atom is 0.573 e. The van der Waals surface area contributed by atoms with Crippen molar-refractivity contribution >= 4 is 28.8 Å². The summed E-state index contributed by atoms with van der Waals surface area (Å²) in [5.74, 6) is -0.532. The summed E-state index contributed by atoms with van der Waals surface area (Å²) in [5.41, 5.74) is 0.345. The highest BCUT2D eigenvalue weighted by molar-refractivity contribution is 7.16. The van der Waals surface area contributed by atoms with Gasteiger partial charge in [0.1, 0.15) is 5.75 Å². The van der Waals surface area contributed by atoms with Crippen molar-refractivity contribution in [1.29, 1.82) is 0 Å². The molecule has 1 aliphatic heterocycles. The fourth-order valence-corrected chi connectivity index (χ4v) is 3.88. The number of alkyl halides is 3. The Bertz CT molecular complexity index is 756. The zero-order chi connectivity index (χ0) is 18.7. The number of nitrogens with zero attached hydrogens (tertiary/aromatic N) is 2. The van der Waals surface area contributed by atoms with Crippen LogP contribution in [-0.4, -0.2) is 48.2 Å². The van der Waals surface area contributed by atoms with E-state index in [0.717, 1.165) is 36.1 Å². The Morgan fingerprint density at radius 3 is 2.27 bits per heavy atom. The molecule has 2 aromatic rings. The topological polar surface area (TPSA) is 32.8 Å². The molecule has 1 aromatic heterocycles. The van der Waals surface area contributed by atoms with Crippen LogP contribution in [0.15, 0.2) is 36.4 Å². The molecule has 0 spiro atoms. The van der Waals surface area contributed by atoms with Crippen LogP contribution in [0.1, 0.15) is 15.2 Å². The van der Waals surface area contributed by atoms with Gasteiger partial charge in [-0.1, -0.05) is 11.6 Å². The number of ether oxygens (including phenoxy) is 1. The third-order valence-electron chi connectivity index (χ3n) is 4.00. The van der Waals surface area contributed by atoms with Crippen molar-refractivity contribution in [3.05, 3.63) is 51.2 Å². The van der Waals surface area contributed by atoms with Crippen molar-refractivity contribution in [3.63, 3.8) is 0 Å². The minimum Gasteiger partial charge on any atom is -0.406 e. The first-order chi connectivity index (χ1) is 12.3. The molecule has 0 radical (unpaired) electrons. The summed E-state index contributed by atoms with van der Waals surface area (Å²) in [6.45, 7) is 3.40. The highest BCUT2D eigenvalue weighted by Crippen LogP contribution is 2.24. The smallest absolute Gasteiger partial charge is 0.406 e. The van der Waals surface area contributed by atoms with E-state index >= 15 is 0 Å². The standard InChI is InChI=1S/C17H16ClF3N2O2S/c18-15-6-5-14(26-15)11-22-7-9-23(10-8-22)16(24)12-1-3-13(4-2-12)25-17(19,20)21/h1-6H,7-11H2. The molecule has 0 unspecified atom stereocenters. The zero-order valence-electron chi connectivity index (χ0n) is 13.6. The van der Waals surface area contributed by atoms with Crippen LogP contribution in [-0.2, 0) is 6.54 Å². The normalized spacial score (nSPS) is 15.9. The van der Waals surface area contributed by atoms with Crippen LogP contribution in [0.4, 0.5) is 13.2 Å². The van der Waals surface area contributed by atoms with E-state index in [0.29, 0.717) is 18.7 Å². The lowest BCUT2D eigenvalue weighted by atomic mass is 10.1.